The Morgan fingerprint density at radius 3 is 2.81 bits per heavy atom. The standard InChI is InChI=1S/C14H15N3O4/c18-12(4-10-2-1-3-15-5-10)16-6-11(7-16)8-17-13(19)9-21-14(17)20/h1-3,5,11H,4,6-9H2. The smallest absolute Gasteiger partial charge is 0.417 e. The Kier molecular flexibility index (Phi) is 3.55. The van der Waals surface area contributed by atoms with Gasteiger partial charge in [0.05, 0.1) is 6.42 Å². The second-order valence-electron chi connectivity index (χ2n) is 5.26. The highest BCUT2D eigenvalue weighted by Crippen LogP contribution is 2.20. The van der Waals surface area contributed by atoms with Crippen molar-refractivity contribution in [3.63, 3.8) is 0 Å². The van der Waals surface area contributed by atoms with Crippen molar-refractivity contribution in [1.29, 1.82) is 0 Å². The number of ether oxygens (including phenoxy) is 1. The SMILES string of the molecule is O=C(Cc1cccnc1)N1CC(CN2C(=O)COC2=O)C1. The van der Waals surface area contributed by atoms with E-state index in [1.54, 1.807) is 23.4 Å². The predicted octanol–water partition coefficient (Wildman–Crippen LogP) is 0.0613. The highest BCUT2D eigenvalue weighted by molar-refractivity contribution is 5.97. The number of likely N-dealkylation sites (tertiary alicyclic amines) is 1. The van der Waals surface area contributed by atoms with Gasteiger partial charge in [-0.05, 0) is 11.6 Å². The largest absolute Gasteiger partial charge is 0.439 e. The van der Waals surface area contributed by atoms with E-state index in [1.807, 2.05) is 6.07 Å². The first-order valence-electron chi connectivity index (χ1n) is 6.77. The molecular formula is C14H15N3O4. The first-order valence-corrected chi connectivity index (χ1v) is 6.77. The monoisotopic (exact) mass is 289 g/mol. The van der Waals surface area contributed by atoms with Crippen LogP contribution in [0, 0.1) is 5.92 Å². The van der Waals surface area contributed by atoms with Gasteiger partial charge in [-0.15, -0.1) is 0 Å². The molecule has 0 radical (unpaired) electrons. The number of amides is 3. The summed E-state index contributed by atoms with van der Waals surface area (Å²) in [6.45, 7) is 1.29. The molecule has 0 aliphatic carbocycles. The van der Waals surface area contributed by atoms with Crippen LogP contribution in [0.3, 0.4) is 0 Å². The number of imide groups is 1. The summed E-state index contributed by atoms with van der Waals surface area (Å²) in [6, 6.07) is 3.66. The van der Waals surface area contributed by atoms with Gasteiger partial charge in [0.2, 0.25) is 5.91 Å². The van der Waals surface area contributed by atoms with Gasteiger partial charge in [0.1, 0.15) is 0 Å². The number of carbonyl (C=O) groups is 3. The lowest BCUT2D eigenvalue weighted by atomic mass is 9.98. The van der Waals surface area contributed by atoms with Crippen molar-refractivity contribution in [2.24, 2.45) is 5.92 Å². The third kappa shape index (κ3) is 2.86. The summed E-state index contributed by atoms with van der Waals surface area (Å²) >= 11 is 0. The van der Waals surface area contributed by atoms with Gasteiger partial charge in [-0.3, -0.25) is 14.6 Å². The maximum absolute atomic E-state index is 12.0. The van der Waals surface area contributed by atoms with Gasteiger partial charge in [0.15, 0.2) is 6.61 Å². The van der Waals surface area contributed by atoms with Crippen molar-refractivity contribution in [2.45, 2.75) is 6.42 Å². The van der Waals surface area contributed by atoms with Gasteiger partial charge in [-0.1, -0.05) is 6.07 Å². The minimum atomic E-state index is -0.583. The molecular weight excluding hydrogens is 274 g/mol. The van der Waals surface area contributed by atoms with Crippen LogP contribution in [-0.2, 0) is 20.7 Å². The number of nitrogens with zero attached hydrogens (tertiary/aromatic N) is 3. The molecule has 7 heteroatoms. The van der Waals surface area contributed by atoms with Crippen LogP contribution in [0.1, 0.15) is 5.56 Å². The van der Waals surface area contributed by atoms with E-state index in [0.29, 0.717) is 26.1 Å². The molecule has 0 bridgehead atoms. The average molecular weight is 289 g/mol. The fraction of sp³-hybridized carbons (Fsp3) is 0.429. The normalized spacial score (nSPS) is 18.7. The maximum Gasteiger partial charge on any atom is 0.417 e. The van der Waals surface area contributed by atoms with Crippen molar-refractivity contribution < 1.29 is 19.1 Å². The van der Waals surface area contributed by atoms with E-state index >= 15 is 0 Å². The van der Waals surface area contributed by atoms with Crippen molar-refractivity contribution >= 4 is 17.9 Å². The molecule has 2 aliphatic heterocycles. The molecule has 3 amide bonds. The zero-order valence-corrected chi connectivity index (χ0v) is 11.4. The number of aromatic nitrogens is 1. The third-order valence-corrected chi connectivity index (χ3v) is 3.67. The van der Waals surface area contributed by atoms with E-state index in [-0.39, 0.29) is 24.3 Å². The molecule has 7 nitrogen and oxygen atoms in total. The van der Waals surface area contributed by atoms with E-state index in [0.717, 1.165) is 10.5 Å². The van der Waals surface area contributed by atoms with Gasteiger partial charge in [0.25, 0.3) is 5.91 Å². The zero-order valence-electron chi connectivity index (χ0n) is 11.4. The van der Waals surface area contributed by atoms with Crippen LogP contribution in [0.2, 0.25) is 0 Å². The van der Waals surface area contributed by atoms with E-state index in [2.05, 4.69) is 9.72 Å². The molecule has 0 aromatic carbocycles. The quantitative estimate of drug-likeness (QED) is 0.783. The molecule has 1 aromatic rings. The molecule has 2 saturated heterocycles. The molecule has 2 fully saturated rings. The summed E-state index contributed by atoms with van der Waals surface area (Å²) in [5.41, 5.74) is 0.879. The van der Waals surface area contributed by atoms with Crippen LogP contribution in [-0.4, -0.2) is 58.9 Å². The maximum atomic E-state index is 12.0. The number of pyridine rings is 1. The number of hydrogen-bond acceptors (Lipinski definition) is 5. The second-order valence-corrected chi connectivity index (χ2v) is 5.26. The Bertz CT molecular complexity index is 553. The van der Waals surface area contributed by atoms with Gasteiger partial charge in [0, 0.05) is 37.9 Å². The second kappa shape index (κ2) is 5.51. The Morgan fingerprint density at radius 2 is 2.19 bits per heavy atom. The molecule has 0 atom stereocenters. The zero-order chi connectivity index (χ0) is 14.8. The van der Waals surface area contributed by atoms with Crippen molar-refractivity contribution in [1.82, 2.24) is 14.8 Å². The summed E-state index contributed by atoms with van der Waals surface area (Å²) < 4.78 is 4.65. The molecule has 0 N–H and O–H groups in total. The molecule has 21 heavy (non-hydrogen) atoms. The number of rotatable bonds is 4. The summed E-state index contributed by atoms with van der Waals surface area (Å²) in [5, 5.41) is 0. The molecule has 3 heterocycles. The number of carbonyl (C=O) groups excluding carboxylic acids is 3. The lowest BCUT2D eigenvalue weighted by Crippen LogP contribution is -2.54. The molecule has 1 aromatic heterocycles. The lowest BCUT2D eigenvalue weighted by molar-refractivity contribution is -0.137. The average Bonchev–Trinajstić information content (AvgIpc) is 2.74. The van der Waals surface area contributed by atoms with E-state index < -0.39 is 6.09 Å². The molecule has 3 rings (SSSR count). The van der Waals surface area contributed by atoms with Crippen LogP contribution < -0.4 is 0 Å². The van der Waals surface area contributed by atoms with Crippen LogP contribution in [0.15, 0.2) is 24.5 Å². The molecule has 0 spiro atoms. The molecule has 110 valence electrons. The Balaban J connectivity index is 1.46. The van der Waals surface area contributed by atoms with Gasteiger partial charge in [-0.2, -0.15) is 0 Å². The Morgan fingerprint density at radius 1 is 1.38 bits per heavy atom. The number of hydrogen-bond donors (Lipinski definition) is 0. The third-order valence-electron chi connectivity index (χ3n) is 3.67. The van der Waals surface area contributed by atoms with Crippen molar-refractivity contribution in [3.05, 3.63) is 30.1 Å². The predicted molar refractivity (Wildman–Crippen MR) is 71.1 cm³/mol. The molecule has 0 saturated carbocycles. The minimum Gasteiger partial charge on any atom is -0.439 e. The highest BCUT2D eigenvalue weighted by atomic mass is 16.6. The van der Waals surface area contributed by atoms with Crippen LogP contribution in [0.25, 0.3) is 0 Å². The van der Waals surface area contributed by atoms with Crippen molar-refractivity contribution in [2.75, 3.05) is 26.2 Å². The highest BCUT2D eigenvalue weighted by Gasteiger charge is 2.38. The minimum absolute atomic E-state index is 0.0366. The summed E-state index contributed by atoms with van der Waals surface area (Å²) in [4.78, 5) is 41.6. The Labute approximate surface area is 121 Å². The van der Waals surface area contributed by atoms with Crippen LogP contribution in [0.5, 0.6) is 0 Å². The first-order chi connectivity index (χ1) is 10.1. The van der Waals surface area contributed by atoms with Gasteiger partial charge >= 0.3 is 6.09 Å². The Hall–Kier alpha value is -2.44. The fourth-order valence-corrected chi connectivity index (χ4v) is 2.49. The van der Waals surface area contributed by atoms with Gasteiger partial charge in [-0.25, -0.2) is 9.69 Å². The van der Waals surface area contributed by atoms with E-state index in [4.69, 9.17) is 0 Å². The van der Waals surface area contributed by atoms with E-state index in [9.17, 15) is 14.4 Å². The van der Waals surface area contributed by atoms with E-state index in [1.165, 1.54) is 0 Å². The van der Waals surface area contributed by atoms with Crippen LogP contribution >= 0.6 is 0 Å². The fourth-order valence-electron chi connectivity index (χ4n) is 2.49. The summed E-state index contributed by atoms with van der Waals surface area (Å²) in [6.07, 6.45) is 3.08. The summed E-state index contributed by atoms with van der Waals surface area (Å²) in [7, 11) is 0. The molecule has 0 unspecified atom stereocenters. The van der Waals surface area contributed by atoms with Crippen molar-refractivity contribution in [3.8, 4) is 0 Å². The van der Waals surface area contributed by atoms with Gasteiger partial charge < -0.3 is 9.64 Å². The summed E-state index contributed by atoms with van der Waals surface area (Å²) in [5.74, 6) is -0.132. The first kappa shape index (κ1) is 13.5. The lowest BCUT2D eigenvalue weighted by Gasteiger charge is -2.40. The number of cyclic esters (lactones) is 1. The molecule has 2 aliphatic rings. The topological polar surface area (TPSA) is 79.8 Å². The van der Waals surface area contributed by atoms with Crippen LogP contribution in [0.4, 0.5) is 4.79 Å².